The number of hydrogen-bond donors (Lipinski definition) is 3. The number of pyridine rings is 2. The number of fused-ring (bicyclic) bond motifs is 2. The minimum atomic E-state index is -2.52. The number of aromatic carboxylic acids is 1. The maximum atomic E-state index is 12.7. The Bertz CT molecular complexity index is 2450. The number of nitrogens with two attached hydrogens (primary N) is 1. The summed E-state index contributed by atoms with van der Waals surface area (Å²) in [5.41, 5.74) is 8.85. The summed E-state index contributed by atoms with van der Waals surface area (Å²) in [5.74, 6) is -1.37. The lowest BCUT2D eigenvalue weighted by molar-refractivity contribution is 0.0698. The van der Waals surface area contributed by atoms with Crippen molar-refractivity contribution in [2.45, 2.75) is 12.9 Å². The molecular weight excluding hydrogens is 733 g/mol. The second-order valence-electron chi connectivity index (χ2n) is 10.9. The number of imidazole rings is 2. The van der Waals surface area contributed by atoms with Crippen LogP contribution < -0.4 is 11.1 Å². The van der Waals surface area contributed by atoms with E-state index in [4.69, 9.17) is 10.8 Å². The van der Waals surface area contributed by atoms with Gasteiger partial charge in [0.2, 0.25) is 0 Å². The molecule has 0 bridgehead atoms. The van der Waals surface area contributed by atoms with E-state index in [1.807, 2.05) is 5.38 Å². The highest BCUT2D eigenvalue weighted by atomic mass is 32.1. The molecule has 8 rings (SSSR count). The summed E-state index contributed by atoms with van der Waals surface area (Å²) in [6.45, 7) is 0. The summed E-state index contributed by atoms with van der Waals surface area (Å²) < 4.78 is 53.8. The first kappa shape index (κ1) is 36.3. The second-order valence-corrected chi connectivity index (χ2v) is 12.7. The number of nitrogens with zero attached hydrogens (tertiary/aromatic N) is 6. The van der Waals surface area contributed by atoms with Gasteiger partial charge in [0.25, 0.3) is 18.8 Å². The number of thiazole rings is 2. The standard InChI is InChI=1S/C18H12F2N4OS.C15H10F2N2O2.C3H4N2S/c19-15(20)12-5-3-11(4-6-12)14-10-24-8-1-2-13(16(24)22-14)17(25)23-18-21-7-9-26-18;16-13(17)10-5-3-9(4-6-10)12-8-19-7-1-2-11(15(20)21)14(19)18-12;4-3-5-1-2-6-3/h1-10,15H,(H,21,23,25);1-8,13H,(H,20,21);1-2H,(H2,4,5). The van der Waals surface area contributed by atoms with Crippen molar-refractivity contribution >= 4 is 56.1 Å². The van der Waals surface area contributed by atoms with Crippen molar-refractivity contribution in [3.8, 4) is 22.5 Å². The van der Waals surface area contributed by atoms with Gasteiger partial charge in [0.15, 0.2) is 15.9 Å². The quantitative estimate of drug-likeness (QED) is 0.136. The number of carboxylic acids is 1. The van der Waals surface area contributed by atoms with Gasteiger partial charge in [-0.3, -0.25) is 10.1 Å². The van der Waals surface area contributed by atoms with Crippen LogP contribution in [0.15, 0.2) is 121 Å². The number of aromatic nitrogens is 6. The molecule has 0 spiro atoms. The highest BCUT2D eigenvalue weighted by molar-refractivity contribution is 7.13. The molecule has 0 radical (unpaired) electrons. The molecule has 0 saturated carbocycles. The van der Waals surface area contributed by atoms with Crippen LogP contribution in [0.3, 0.4) is 0 Å². The summed E-state index contributed by atoms with van der Waals surface area (Å²) in [4.78, 5) is 40.2. The number of hydrogen-bond acceptors (Lipinski definition) is 9. The van der Waals surface area contributed by atoms with E-state index < -0.39 is 18.8 Å². The molecule has 0 aliphatic rings. The number of benzene rings is 2. The molecule has 8 aromatic rings. The lowest BCUT2D eigenvalue weighted by Crippen LogP contribution is -2.13. The van der Waals surface area contributed by atoms with Crippen LogP contribution in [0.1, 0.15) is 44.7 Å². The van der Waals surface area contributed by atoms with E-state index in [0.717, 1.165) is 0 Å². The molecule has 6 aromatic heterocycles. The Hall–Kier alpha value is -6.46. The number of anilines is 2. The van der Waals surface area contributed by atoms with E-state index in [1.54, 1.807) is 93.8 Å². The van der Waals surface area contributed by atoms with Gasteiger partial charge in [-0.2, -0.15) is 0 Å². The molecule has 0 fully saturated rings. The summed E-state index contributed by atoms with van der Waals surface area (Å²) in [7, 11) is 0. The Morgan fingerprint density at radius 1 is 0.698 bits per heavy atom. The maximum Gasteiger partial charge on any atom is 0.339 e. The van der Waals surface area contributed by atoms with Crippen molar-refractivity contribution in [2.24, 2.45) is 0 Å². The van der Waals surface area contributed by atoms with Crippen molar-refractivity contribution in [3.63, 3.8) is 0 Å². The summed E-state index contributed by atoms with van der Waals surface area (Å²) in [5, 5.41) is 16.6. The number of carbonyl (C=O) groups excluding carboxylic acids is 1. The van der Waals surface area contributed by atoms with E-state index in [9.17, 15) is 27.2 Å². The van der Waals surface area contributed by atoms with Crippen molar-refractivity contribution in [1.82, 2.24) is 28.7 Å². The third-order valence-corrected chi connectivity index (χ3v) is 8.75. The number of amides is 1. The zero-order valence-electron chi connectivity index (χ0n) is 27.1. The number of carbonyl (C=O) groups is 2. The van der Waals surface area contributed by atoms with Gasteiger partial charge in [0, 0.05) is 70.2 Å². The van der Waals surface area contributed by atoms with Gasteiger partial charge in [-0.15, -0.1) is 22.7 Å². The molecular formula is C36H26F4N8O3S2. The van der Waals surface area contributed by atoms with Gasteiger partial charge in [-0.05, 0) is 24.3 Å². The van der Waals surface area contributed by atoms with E-state index in [0.29, 0.717) is 49.6 Å². The van der Waals surface area contributed by atoms with Gasteiger partial charge >= 0.3 is 5.97 Å². The van der Waals surface area contributed by atoms with Gasteiger partial charge in [-0.25, -0.2) is 42.3 Å². The fourth-order valence-electron chi connectivity index (χ4n) is 4.93. The van der Waals surface area contributed by atoms with Gasteiger partial charge < -0.3 is 19.6 Å². The summed E-state index contributed by atoms with van der Waals surface area (Å²) in [6.07, 6.45) is 5.15. The fraction of sp³-hybridized carbons (Fsp3) is 0.0556. The van der Waals surface area contributed by atoms with Crippen LogP contribution >= 0.6 is 22.7 Å². The molecule has 2 aromatic carbocycles. The Kier molecular flexibility index (Phi) is 11.1. The highest BCUT2D eigenvalue weighted by Gasteiger charge is 2.16. The van der Waals surface area contributed by atoms with Crippen molar-refractivity contribution in [2.75, 3.05) is 11.1 Å². The topological polar surface area (TPSA) is 153 Å². The second kappa shape index (κ2) is 16.3. The van der Waals surface area contributed by atoms with Crippen LogP contribution in [0.4, 0.5) is 27.8 Å². The normalized spacial score (nSPS) is 10.9. The van der Waals surface area contributed by atoms with Crippen LogP contribution in [0.5, 0.6) is 0 Å². The molecule has 6 heterocycles. The molecule has 53 heavy (non-hydrogen) atoms. The molecule has 0 aliphatic carbocycles. The van der Waals surface area contributed by atoms with Crippen LogP contribution in [0.25, 0.3) is 33.8 Å². The SMILES string of the molecule is Nc1nccs1.O=C(Nc1nccs1)c1cccn2cc(-c3ccc(C(F)F)cc3)nc12.O=C(O)c1cccn2cc(-c3ccc(C(F)F)cc3)nc12. The Balaban J connectivity index is 0.000000159. The fourth-order valence-corrected chi connectivity index (χ4v) is 5.84. The molecule has 11 nitrogen and oxygen atoms in total. The number of carboxylic acid groups (broad SMARTS) is 1. The molecule has 0 aliphatic heterocycles. The Morgan fingerprint density at radius 2 is 1.19 bits per heavy atom. The summed E-state index contributed by atoms with van der Waals surface area (Å²) >= 11 is 2.77. The number of halogens is 4. The third-order valence-electron chi connectivity index (χ3n) is 7.46. The molecule has 17 heteroatoms. The number of nitrogen functional groups attached to an aromatic ring is 1. The minimum Gasteiger partial charge on any atom is -0.478 e. The Labute approximate surface area is 305 Å². The molecule has 0 unspecified atom stereocenters. The van der Waals surface area contributed by atoms with Gasteiger partial charge in [0.05, 0.1) is 17.0 Å². The molecule has 0 atom stereocenters. The molecule has 1 amide bonds. The first-order valence-corrected chi connectivity index (χ1v) is 17.1. The van der Waals surface area contributed by atoms with E-state index in [-0.39, 0.29) is 22.6 Å². The summed E-state index contributed by atoms with van der Waals surface area (Å²) in [6, 6.07) is 18.2. The zero-order valence-corrected chi connectivity index (χ0v) is 28.7. The zero-order chi connectivity index (χ0) is 37.5. The minimum absolute atomic E-state index is 0.0407. The third kappa shape index (κ3) is 8.71. The largest absolute Gasteiger partial charge is 0.478 e. The molecule has 4 N–H and O–H groups in total. The predicted molar refractivity (Wildman–Crippen MR) is 195 cm³/mol. The van der Waals surface area contributed by atoms with Crippen molar-refractivity contribution in [3.05, 3.63) is 143 Å². The maximum absolute atomic E-state index is 12.7. The first-order chi connectivity index (χ1) is 25.6. The van der Waals surface area contributed by atoms with Crippen molar-refractivity contribution in [1.29, 1.82) is 0 Å². The van der Waals surface area contributed by atoms with Crippen LogP contribution in [-0.4, -0.2) is 45.7 Å². The van der Waals surface area contributed by atoms with Crippen molar-refractivity contribution < 1.29 is 32.3 Å². The average molecular weight is 759 g/mol. The molecule has 268 valence electrons. The van der Waals surface area contributed by atoms with Gasteiger partial charge in [-0.1, -0.05) is 48.5 Å². The monoisotopic (exact) mass is 758 g/mol. The van der Waals surface area contributed by atoms with Crippen LogP contribution in [-0.2, 0) is 0 Å². The molecule has 0 saturated heterocycles. The van der Waals surface area contributed by atoms with E-state index >= 15 is 0 Å². The predicted octanol–water partition coefficient (Wildman–Crippen LogP) is 9.01. The smallest absolute Gasteiger partial charge is 0.339 e. The van der Waals surface area contributed by atoms with Crippen LogP contribution in [0.2, 0.25) is 0 Å². The van der Waals surface area contributed by atoms with Crippen LogP contribution in [0, 0.1) is 0 Å². The number of nitrogens with one attached hydrogen (secondary N) is 1. The van der Waals surface area contributed by atoms with E-state index in [1.165, 1.54) is 53.0 Å². The number of rotatable bonds is 7. The van der Waals surface area contributed by atoms with E-state index in [2.05, 4.69) is 25.3 Å². The Morgan fingerprint density at radius 3 is 1.60 bits per heavy atom. The highest BCUT2D eigenvalue weighted by Crippen LogP contribution is 2.27. The number of alkyl halides is 4. The van der Waals surface area contributed by atoms with Gasteiger partial charge in [0.1, 0.15) is 11.2 Å². The lowest BCUT2D eigenvalue weighted by atomic mass is 10.1. The lowest BCUT2D eigenvalue weighted by Gasteiger charge is -2.03. The average Bonchev–Trinajstić information content (AvgIpc) is 3.99. The first-order valence-electron chi connectivity index (χ1n) is 15.4.